The maximum atomic E-state index is 12.7. The summed E-state index contributed by atoms with van der Waals surface area (Å²) in [5.74, 6) is 0.807. The summed E-state index contributed by atoms with van der Waals surface area (Å²) < 4.78 is 32.8. The Labute approximate surface area is 155 Å². The molecule has 1 aromatic heterocycles. The average Bonchev–Trinajstić information content (AvgIpc) is 3.14. The summed E-state index contributed by atoms with van der Waals surface area (Å²) in [6.45, 7) is 1.44. The van der Waals surface area contributed by atoms with E-state index in [4.69, 9.17) is 4.42 Å². The number of carbonyl (C=O) groups excluding carboxylic acids is 1. The van der Waals surface area contributed by atoms with E-state index in [9.17, 15) is 13.2 Å². The molecule has 6 nitrogen and oxygen atoms in total. The summed E-state index contributed by atoms with van der Waals surface area (Å²) in [4.78, 5) is 14.3. The van der Waals surface area contributed by atoms with Crippen LogP contribution in [0.1, 0.15) is 12.2 Å². The smallest absolute Gasteiger partial charge is 0.243 e. The van der Waals surface area contributed by atoms with Crippen LogP contribution in [0.5, 0.6) is 0 Å². The highest BCUT2D eigenvalue weighted by Crippen LogP contribution is 2.20. The summed E-state index contributed by atoms with van der Waals surface area (Å²) in [5.41, 5.74) is 0. The van der Waals surface area contributed by atoms with E-state index in [0.717, 1.165) is 10.2 Å². The molecule has 8 heteroatoms. The van der Waals surface area contributed by atoms with Crippen molar-refractivity contribution in [2.24, 2.45) is 0 Å². The first-order chi connectivity index (χ1) is 12.0. The molecule has 0 unspecified atom stereocenters. The molecule has 0 N–H and O–H groups in total. The van der Waals surface area contributed by atoms with Crippen molar-refractivity contribution in [2.45, 2.75) is 17.7 Å². The summed E-state index contributed by atoms with van der Waals surface area (Å²) in [7, 11) is -3.52. The predicted molar refractivity (Wildman–Crippen MR) is 96.5 cm³/mol. The van der Waals surface area contributed by atoms with Crippen LogP contribution in [0.25, 0.3) is 0 Å². The van der Waals surface area contributed by atoms with Crippen molar-refractivity contribution >= 4 is 31.9 Å². The molecule has 0 aliphatic carbocycles. The third kappa shape index (κ3) is 4.31. The fourth-order valence-electron chi connectivity index (χ4n) is 2.78. The number of furan rings is 1. The van der Waals surface area contributed by atoms with Gasteiger partial charge in [-0.05, 0) is 36.4 Å². The third-order valence-corrected chi connectivity index (χ3v) is 6.65. The van der Waals surface area contributed by atoms with Crippen LogP contribution in [0.3, 0.4) is 0 Å². The zero-order chi connectivity index (χ0) is 17.9. The summed E-state index contributed by atoms with van der Waals surface area (Å²) in [6, 6.07) is 10.2. The first-order valence-electron chi connectivity index (χ1n) is 8.03. The lowest BCUT2D eigenvalue weighted by Gasteiger charge is -2.34. The zero-order valence-corrected chi connectivity index (χ0v) is 16.0. The molecule has 2 heterocycles. The summed E-state index contributed by atoms with van der Waals surface area (Å²) >= 11 is 3.30. The van der Waals surface area contributed by atoms with Gasteiger partial charge in [-0.2, -0.15) is 4.31 Å². The molecule has 134 valence electrons. The van der Waals surface area contributed by atoms with Crippen molar-refractivity contribution in [2.75, 3.05) is 26.2 Å². The van der Waals surface area contributed by atoms with Crippen LogP contribution in [-0.2, 0) is 21.2 Å². The third-order valence-electron chi connectivity index (χ3n) is 4.21. The molecule has 0 spiro atoms. The molecule has 0 radical (unpaired) electrons. The quantitative estimate of drug-likeness (QED) is 0.736. The standard InChI is InChI=1S/C17H19BrN2O4S/c18-14-3-6-16(7-4-14)25(22,23)20-11-9-19(10-12-20)17(21)8-5-15-2-1-13-24-15/h1-4,6-7,13H,5,8-12H2. The minimum atomic E-state index is -3.52. The van der Waals surface area contributed by atoms with Gasteiger partial charge in [-0.1, -0.05) is 15.9 Å². The second kappa shape index (κ2) is 7.72. The summed E-state index contributed by atoms with van der Waals surface area (Å²) in [6.07, 6.45) is 2.52. The predicted octanol–water partition coefficient (Wildman–Crippen LogP) is 2.51. The molecule has 1 saturated heterocycles. The van der Waals surface area contributed by atoms with Crippen molar-refractivity contribution in [1.82, 2.24) is 9.21 Å². The second-order valence-electron chi connectivity index (χ2n) is 5.82. The molecule has 0 atom stereocenters. The van der Waals surface area contributed by atoms with Crippen LogP contribution in [0, 0.1) is 0 Å². The molecule has 0 saturated carbocycles. The van der Waals surface area contributed by atoms with E-state index in [1.54, 1.807) is 41.5 Å². The number of hydrogen-bond acceptors (Lipinski definition) is 4. The first-order valence-corrected chi connectivity index (χ1v) is 10.3. The topological polar surface area (TPSA) is 70.8 Å². The minimum absolute atomic E-state index is 0.0251. The number of halogens is 1. The van der Waals surface area contributed by atoms with E-state index in [1.807, 2.05) is 6.07 Å². The molecule has 25 heavy (non-hydrogen) atoms. The van der Waals surface area contributed by atoms with Gasteiger partial charge in [0, 0.05) is 43.5 Å². The van der Waals surface area contributed by atoms with Gasteiger partial charge in [-0.15, -0.1) is 0 Å². The van der Waals surface area contributed by atoms with Gasteiger partial charge < -0.3 is 9.32 Å². The molecule has 0 bridgehead atoms. The summed E-state index contributed by atoms with van der Waals surface area (Å²) in [5, 5.41) is 0. The second-order valence-corrected chi connectivity index (χ2v) is 8.67. The first kappa shape index (κ1) is 18.2. The lowest BCUT2D eigenvalue weighted by Crippen LogP contribution is -2.50. The molecule has 1 aliphatic heterocycles. The van der Waals surface area contributed by atoms with E-state index >= 15 is 0 Å². The van der Waals surface area contributed by atoms with E-state index < -0.39 is 10.0 Å². The fraction of sp³-hybridized carbons (Fsp3) is 0.353. The van der Waals surface area contributed by atoms with E-state index in [2.05, 4.69) is 15.9 Å². The Kier molecular flexibility index (Phi) is 5.61. The molecule has 1 aliphatic rings. The maximum Gasteiger partial charge on any atom is 0.243 e. The number of hydrogen-bond donors (Lipinski definition) is 0. The highest BCUT2D eigenvalue weighted by atomic mass is 79.9. The van der Waals surface area contributed by atoms with Crippen molar-refractivity contribution in [1.29, 1.82) is 0 Å². The number of aryl methyl sites for hydroxylation is 1. The normalized spacial score (nSPS) is 16.1. The van der Waals surface area contributed by atoms with Crippen molar-refractivity contribution in [3.8, 4) is 0 Å². The van der Waals surface area contributed by atoms with Crippen molar-refractivity contribution < 1.29 is 17.6 Å². The number of nitrogens with zero attached hydrogens (tertiary/aromatic N) is 2. The number of rotatable bonds is 5. The van der Waals surface area contributed by atoms with Gasteiger partial charge in [0.15, 0.2) is 0 Å². The van der Waals surface area contributed by atoms with Gasteiger partial charge in [0.05, 0.1) is 11.2 Å². The molecule has 3 rings (SSSR count). The Balaban J connectivity index is 1.55. The number of sulfonamides is 1. The van der Waals surface area contributed by atoms with Crippen LogP contribution in [0.2, 0.25) is 0 Å². The molecular formula is C17H19BrN2O4S. The maximum absolute atomic E-state index is 12.7. The van der Waals surface area contributed by atoms with Gasteiger partial charge in [0.2, 0.25) is 15.9 Å². The lowest BCUT2D eigenvalue weighted by atomic mass is 10.2. The van der Waals surface area contributed by atoms with E-state index in [-0.39, 0.29) is 10.8 Å². The van der Waals surface area contributed by atoms with Crippen LogP contribution >= 0.6 is 15.9 Å². The van der Waals surface area contributed by atoms with Crippen LogP contribution in [0.4, 0.5) is 0 Å². The molecule has 2 aromatic rings. The van der Waals surface area contributed by atoms with Crippen molar-refractivity contribution in [3.63, 3.8) is 0 Å². The Hall–Kier alpha value is -1.64. The van der Waals surface area contributed by atoms with Gasteiger partial charge in [0.25, 0.3) is 0 Å². The van der Waals surface area contributed by atoms with Crippen LogP contribution in [0.15, 0.2) is 56.4 Å². The number of carbonyl (C=O) groups is 1. The molecule has 1 fully saturated rings. The number of piperazine rings is 1. The Bertz CT molecular complexity index is 811. The Morgan fingerprint density at radius 1 is 1.08 bits per heavy atom. The van der Waals surface area contributed by atoms with Gasteiger partial charge in [-0.3, -0.25) is 4.79 Å². The lowest BCUT2D eigenvalue weighted by molar-refractivity contribution is -0.132. The monoisotopic (exact) mass is 426 g/mol. The number of benzene rings is 1. The average molecular weight is 427 g/mol. The van der Waals surface area contributed by atoms with E-state index in [1.165, 1.54) is 4.31 Å². The van der Waals surface area contributed by atoms with Gasteiger partial charge in [-0.25, -0.2) is 8.42 Å². The fourth-order valence-corrected chi connectivity index (χ4v) is 4.46. The number of amides is 1. The van der Waals surface area contributed by atoms with Gasteiger partial charge >= 0.3 is 0 Å². The highest BCUT2D eigenvalue weighted by Gasteiger charge is 2.29. The van der Waals surface area contributed by atoms with E-state index in [0.29, 0.717) is 39.0 Å². The largest absolute Gasteiger partial charge is 0.469 e. The SMILES string of the molecule is O=C(CCc1ccco1)N1CCN(S(=O)(=O)c2ccc(Br)cc2)CC1. The molecular weight excluding hydrogens is 408 g/mol. The van der Waals surface area contributed by atoms with Crippen molar-refractivity contribution in [3.05, 3.63) is 52.9 Å². The highest BCUT2D eigenvalue weighted by molar-refractivity contribution is 9.10. The minimum Gasteiger partial charge on any atom is -0.469 e. The Morgan fingerprint density at radius 2 is 1.76 bits per heavy atom. The molecule has 1 aromatic carbocycles. The van der Waals surface area contributed by atoms with Gasteiger partial charge in [0.1, 0.15) is 5.76 Å². The Morgan fingerprint density at radius 3 is 2.36 bits per heavy atom. The molecule has 1 amide bonds. The zero-order valence-electron chi connectivity index (χ0n) is 13.6. The van der Waals surface area contributed by atoms with Crippen LogP contribution in [-0.4, -0.2) is 49.7 Å². The van der Waals surface area contributed by atoms with Crippen LogP contribution < -0.4 is 0 Å².